The zero-order valence-corrected chi connectivity index (χ0v) is 14.2. The van der Waals surface area contributed by atoms with Crippen LogP contribution in [0.25, 0.3) is 0 Å². The molecule has 1 aromatic heterocycles. The highest BCUT2D eigenvalue weighted by Gasteiger charge is 2.30. The molecule has 0 aliphatic carbocycles. The van der Waals surface area contributed by atoms with Gasteiger partial charge in [0.25, 0.3) is 5.91 Å². The summed E-state index contributed by atoms with van der Waals surface area (Å²) in [7, 11) is 0. The minimum atomic E-state index is -0.338. The summed E-state index contributed by atoms with van der Waals surface area (Å²) in [6.45, 7) is 2.49. The molecule has 1 aromatic carbocycles. The van der Waals surface area contributed by atoms with Gasteiger partial charge in [0.2, 0.25) is 0 Å². The van der Waals surface area contributed by atoms with Crippen molar-refractivity contribution in [2.75, 3.05) is 6.61 Å². The van der Waals surface area contributed by atoms with Gasteiger partial charge in [0.15, 0.2) is 5.69 Å². The molecule has 0 radical (unpaired) electrons. The average molecular weight is 382 g/mol. The van der Waals surface area contributed by atoms with E-state index in [9.17, 15) is 9.18 Å². The van der Waals surface area contributed by atoms with Crippen LogP contribution in [0.1, 0.15) is 40.6 Å². The molecule has 2 N–H and O–H groups in total. The number of benzene rings is 1. The first-order valence-electron chi connectivity index (χ1n) is 7.44. The Labute approximate surface area is 141 Å². The number of nitrogens with one attached hydrogen (secondary N) is 2. The highest BCUT2D eigenvalue weighted by atomic mass is 79.9. The van der Waals surface area contributed by atoms with E-state index in [0.717, 1.165) is 24.1 Å². The van der Waals surface area contributed by atoms with Gasteiger partial charge < -0.3 is 10.1 Å². The smallest absolute Gasteiger partial charge is 0.273 e. The van der Waals surface area contributed by atoms with E-state index in [-0.39, 0.29) is 23.9 Å². The van der Waals surface area contributed by atoms with E-state index in [2.05, 4.69) is 31.4 Å². The number of carbonyl (C=O) groups is 1. The summed E-state index contributed by atoms with van der Waals surface area (Å²) in [5.41, 5.74) is 1.90. The van der Waals surface area contributed by atoms with Gasteiger partial charge >= 0.3 is 0 Å². The summed E-state index contributed by atoms with van der Waals surface area (Å²) in [4.78, 5) is 12.5. The lowest BCUT2D eigenvalue weighted by atomic mass is 9.99. The molecule has 1 aliphatic rings. The van der Waals surface area contributed by atoms with Crippen LogP contribution in [0, 0.1) is 12.7 Å². The Morgan fingerprint density at radius 1 is 1.48 bits per heavy atom. The van der Waals surface area contributed by atoms with Gasteiger partial charge in [-0.3, -0.25) is 9.89 Å². The molecule has 0 bridgehead atoms. The molecular weight excluding hydrogens is 365 g/mol. The number of hydrogen-bond acceptors (Lipinski definition) is 3. The topological polar surface area (TPSA) is 67.0 Å². The van der Waals surface area contributed by atoms with Gasteiger partial charge in [-0.25, -0.2) is 4.39 Å². The monoisotopic (exact) mass is 381 g/mol. The molecule has 1 aliphatic heterocycles. The minimum Gasteiger partial charge on any atom is -0.376 e. The van der Waals surface area contributed by atoms with Crippen molar-refractivity contribution in [1.82, 2.24) is 15.5 Å². The Bertz CT molecular complexity index is 696. The predicted octanol–water partition coefficient (Wildman–Crippen LogP) is 3.27. The van der Waals surface area contributed by atoms with Crippen LogP contribution in [0.5, 0.6) is 0 Å². The van der Waals surface area contributed by atoms with Crippen molar-refractivity contribution in [3.63, 3.8) is 0 Å². The van der Waals surface area contributed by atoms with Crippen LogP contribution in [0.15, 0.2) is 28.7 Å². The van der Waals surface area contributed by atoms with Crippen molar-refractivity contribution in [3.8, 4) is 0 Å². The third-order valence-electron chi connectivity index (χ3n) is 3.94. The fourth-order valence-electron chi connectivity index (χ4n) is 2.70. The third kappa shape index (κ3) is 3.45. The second-order valence-corrected chi connectivity index (χ2v) is 6.36. The van der Waals surface area contributed by atoms with Gasteiger partial charge in [0.05, 0.1) is 16.6 Å². The molecule has 1 saturated heterocycles. The number of aromatic amines is 1. The number of hydrogen-bond donors (Lipinski definition) is 2. The molecule has 3 rings (SSSR count). The quantitative estimate of drug-likeness (QED) is 0.853. The van der Waals surface area contributed by atoms with E-state index < -0.39 is 0 Å². The summed E-state index contributed by atoms with van der Waals surface area (Å²) in [6.07, 6.45) is 1.68. The van der Waals surface area contributed by atoms with Gasteiger partial charge in [-0.05, 0) is 53.4 Å². The van der Waals surface area contributed by atoms with Crippen molar-refractivity contribution in [2.24, 2.45) is 0 Å². The van der Waals surface area contributed by atoms with Crippen LogP contribution in [0.2, 0.25) is 0 Å². The molecule has 7 heteroatoms. The molecule has 2 aromatic rings. The molecular formula is C16H17BrFN3O2. The molecule has 1 amide bonds. The summed E-state index contributed by atoms with van der Waals surface area (Å²) < 4.78 is 19.5. The van der Waals surface area contributed by atoms with Crippen molar-refractivity contribution in [2.45, 2.75) is 31.9 Å². The van der Waals surface area contributed by atoms with E-state index in [0.29, 0.717) is 16.8 Å². The Morgan fingerprint density at radius 2 is 2.22 bits per heavy atom. The van der Waals surface area contributed by atoms with E-state index >= 15 is 0 Å². The van der Waals surface area contributed by atoms with Gasteiger partial charge in [-0.2, -0.15) is 5.10 Å². The third-order valence-corrected chi connectivity index (χ3v) is 4.91. The molecule has 0 unspecified atom stereocenters. The molecule has 23 heavy (non-hydrogen) atoms. The van der Waals surface area contributed by atoms with Crippen molar-refractivity contribution < 1.29 is 13.9 Å². The Balaban J connectivity index is 1.85. The van der Waals surface area contributed by atoms with Crippen LogP contribution in [-0.4, -0.2) is 28.8 Å². The molecule has 2 atom stereocenters. The number of amides is 1. The molecule has 0 spiro atoms. The van der Waals surface area contributed by atoms with Gasteiger partial charge in [-0.15, -0.1) is 0 Å². The number of halogens is 2. The average Bonchev–Trinajstić information content (AvgIpc) is 3.17. The number of aromatic nitrogens is 2. The maximum Gasteiger partial charge on any atom is 0.273 e. The second-order valence-electron chi connectivity index (χ2n) is 5.57. The first-order valence-corrected chi connectivity index (χ1v) is 8.24. The Morgan fingerprint density at radius 3 is 2.78 bits per heavy atom. The van der Waals surface area contributed by atoms with Gasteiger partial charge in [0.1, 0.15) is 5.82 Å². The lowest BCUT2D eigenvalue weighted by Crippen LogP contribution is -2.36. The first-order chi connectivity index (χ1) is 11.1. The van der Waals surface area contributed by atoms with E-state index in [1.807, 2.05) is 6.92 Å². The summed E-state index contributed by atoms with van der Waals surface area (Å²) >= 11 is 3.35. The zero-order chi connectivity index (χ0) is 16.4. The highest BCUT2D eigenvalue weighted by molar-refractivity contribution is 9.10. The number of aryl methyl sites for hydroxylation is 1. The van der Waals surface area contributed by atoms with E-state index in [1.54, 1.807) is 12.1 Å². The molecule has 5 nitrogen and oxygen atoms in total. The van der Waals surface area contributed by atoms with Gasteiger partial charge in [-0.1, -0.05) is 12.1 Å². The van der Waals surface area contributed by atoms with E-state index in [1.165, 1.54) is 12.1 Å². The predicted molar refractivity (Wildman–Crippen MR) is 86.6 cm³/mol. The van der Waals surface area contributed by atoms with Crippen molar-refractivity contribution in [1.29, 1.82) is 0 Å². The van der Waals surface area contributed by atoms with Crippen LogP contribution in [0.4, 0.5) is 4.39 Å². The number of nitrogens with zero attached hydrogens (tertiary/aromatic N) is 1. The standard InChI is InChI=1S/C16H17BrFN3O2/c1-9-13(17)15(21-20-9)16(22)19-14(12-3-2-8-23-12)10-4-6-11(18)7-5-10/h4-7,12,14H,2-3,8H2,1H3,(H,19,22)(H,20,21)/t12-,14+/m1/s1. The first kappa shape index (κ1) is 16.1. The maximum atomic E-state index is 13.2. The van der Waals surface area contributed by atoms with Crippen LogP contribution >= 0.6 is 15.9 Å². The van der Waals surface area contributed by atoms with E-state index in [4.69, 9.17) is 4.74 Å². The van der Waals surface area contributed by atoms with Gasteiger partial charge in [0, 0.05) is 12.3 Å². The van der Waals surface area contributed by atoms with Crippen molar-refractivity contribution in [3.05, 3.63) is 51.5 Å². The minimum absolute atomic E-state index is 0.122. The number of ether oxygens (including phenoxy) is 1. The summed E-state index contributed by atoms with van der Waals surface area (Å²) in [5.74, 6) is -0.608. The highest BCUT2D eigenvalue weighted by Crippen LogP contribution is 2.28. The zero-order valence-electron chi connectivity index (χ0n) is 12.6. The SMILES string of the molecule is Cc1[nH]nc(C(=O)N[C@@H](c2ccc(F)cc2)[C@H]2CCCO2)c1Br. The summed E-state index contributed by atoms with van der Waals surface area (Å²) in [5, 5.41) is 9.75. The fourth-order valence-corrected chi connectivity index (χ4v) is 3.06. The maximum absolute atomic E-state index is 13.2. The summed E-state index contributed by atoms with van der Waals surface area (Å²) in [6, 6.07) is 5.78. The van der Waals surface area contributed by atoms with Crippen LogP contribution in [-0.2, 0) is 4.74 Å². The Hall–Kier alpha value is -1.73. The lowest BCUT2D eigenvalue weighted by Gasteiger charge is -2.24. The normalized spacial score (nSPS) is 18.8. The number of H-pyrrole nitrogens is 1. The second kappa shape index (κ2) is 6.80. The van der Waals surface area contributed by atoms with Crippen LogP contribution in [0.3, 0.4) is 0 Å². The molecule has 2 heterocycles. The lowest BCUT2D eigenvalue weighted by molar-refractivity contribution is 0.0669. The van der Waals surface area contributed by atoms with Crippen LogP contribution < -0.4 is 5.32 Å². The van der Waals surface area contributed by atoms with Crippen molar-refractivity contribution >= 4 is 21.8 Å². The molecule has 1 fully saturated rings. The molecule has 0 saturated carbocycles. The number of carbonyl (C=O) groups excluding carboxylic acids is 1. The molecule has 122 valence electrons. The largest absolute Gasteiger partial charge is 0.376 e. The Kier molecular flexibility index (Phi) is 4.77. The number of rotatable bonds is 4. The fraction of sp³-hybridized carbons (Fsp3) is 0.375.